The molecule has 2 heterocycles. The number of para-hydroxylation sites is 1. The van der Waals surface area contributed by atoms with E-state index in [1.807, 2.05) is 14.1 Å². The second-order valence-corrected chi connectivity index (χ2v) is 10.4. The summed E-state index contributed by atoms with van der Waals surface area (Å²) in [6, 6.07) is 9.62. The molecule has 0 aliphatic carbocycles. The number of sulfonamides is 1. The predicted molar refractivity (Wildman–Crippen MR) is 127 cm³/mol. The minimum absolute atomic E-state index is 0.0156. The summed E-state index contributed by atoms with van der Waals surface area (Å²) in [4.78, 5) is 26.9. The summed E-state index contributed by atoms with van der Waals surface area (Å²) in [5.74, 6) is -0.944. The van der Waals surface area contributed by atoms with Crippen LogP contribution >= 0.6 is 11.6 Å². The van der Waals surface area contributed by atoms with Gasteiger partial charge in [-0.05, 0) is 37.1 Å². The largest absolute Gasteiger partial charge is 0.419 e. The van der Waals surface area contributed by atoms with Gasteiger partial charge >= 0.3 is 5.76 Å². The average molecular weight is 493 g/mol. The van der Waals surface area contributed by atoms with E-state index in [9.17, 15) is 18.0 Å². The quantitative estimate of drug-likeness (QED) is 0.543. The number of rotatable bonds is 7. The van der Waals surface area contributed by atoms with Crippen molar-refractivity contribution in [3.05, 3.63) is 52.0 Å². The summed E-state index contributed by atoms with van der Waals surface area (Å²) in [6.07, 6.45) is 1.68. The van der Waals surface area contributed by atoms with Gasteiger partial charge in [-0.15, -0.1) is 0 Å². The first kappa shape index (κ1) is 23.3. The van der Waals surface area contributed by atoms with Crippen LogP contribution in [0, 0.1) is 0 Å². The lowest BCUT2D eigenvalue weighted by atomic mass is 10.2. The summed E-state index contributed by atoms with van der Waals surface area (Å²) in [5, 5.41) is 3.34. The standard InChI is InChI=1S/C22H25ClN4O5S/c1-25(2)21-16(23)6-5-7-17(21)24-20(28)10-13-27-18-9-8-15(14-19(18)32-22(27)29)33(30,31)26-11-3-4-12-26/h5-9,14H,3-4,10-13H2,1-2H3,(H,24,28). The maximum Gasteiger partial charge on any atom is 0.419 e. The van der Waals surface area contributed by atoms with Crippen molar-refractivity contribution in [1.29, 1.82) is 0 Å². The van der Waals surface area contributed by atoms with Gasteiger partial charge in [0.2, 0.25) is 15.9 Å². The molecule has 176 valence electrons. The SMILES string of the molecule is CN(C)c1c(Cl)cccc1NC(=O)CCn1c(=O)oc2cc(S(=O)(=O)N3CCCC3)ccc21. The number of aryl methyl sites for hydroxylation is 1. The number of carbonyl (C=O) groups excluding carboxylic acids is 1. The molecule has 33 heavy (non-hydrogen) atoms. The molecule has 1 aliphatic rings. The van der Waals surface area contributed by atoms with Crippen LogP contribution in [0.2, 0.25) is 5.02 Å². The van der Waals surface area contributed by atoms with Crippen molar-refractivity contribution in [2.24, 2.45) is 0 Å². The van der Waals surface area contributed by atoms with E-state index >= 15 is 0 Å². The average Bonchev–Trinajstić information content (AvgIpc) is 3.39. The monoisotopic (exact) mass is 492 g/mol. The number of fused-ring (bicyclic) bond motifs is 1. The van der Waals surface area contributed by atoms with Gasteiger partial charge in [0.05, 0.1) is 26.8 Å². The fourth-order valence-corrected chi connectivity index (χ4v) is 5.87. The van der Waals surface area contributed by atoms with Gasteiger partial charge < -0.3 is 14.6 Å². The van der Waals surface area contributed by atoms with Crippen molar-refractivity contribution in [2.45, 2.75) is 30.7 Å². The summed E-state index contributed by atoms with van der Waals surface area (Å²) >= 11 is 6.24. The number of anilines is 2. The Morgan fingerprint density at radius 3 is 2.61 bits per heavy atom. The summed E-state index contributed by atoms with van der Waals surface area (Å²) in [5.41, 5.74) is 1.86. The predicted octanol–water partition coefficient (Wildman–Crippen LogP) is 3.13. The van der Waals surface area contributed by atoms with E-state index in [0.29, 0.717) is 35.0 Å². The van der Waals surface area contributed by atoms with E-state index in [-0.39, 0.29) is 29.4 Å². The molecule has 0 saturated carbocycles. The van der Waals surface area contributed by atoms with Crippen LogP contribution in [-0.2, 0) is 21.4 Å². The number of benzene rings is 2. The number of nitrogens with zero attached hydrogens (tertiary/aromatic N) is 3. The molecular formula is C22H25ClN4O5S. The second-order valence-electron chi connectivity index (χ2n) is 8.09. The van der Waals surface area contributed by atoms with Gasteiger partial charge in [0, 0.05) is 46.2 Å². The smallest absolute Gasteiger partial charge is 0.408 e. The Bertz CT molecular complexity index is 1360. The van der Waals surface area contributed by atoms with Gasteiger partial charge in [0.15, 0.2) is 5.58 Å². The van der Waals surface area contributed by atoms with Gasteiger partial charge in [-0.2, -0.15) is 4.31 Å². The van der Waals surface area contributed by atoms with Crippen molar-refractivity contribution in [3.63, 3.8) is 0 Å². The molecule has 1 aliphatic heterocycles. The van der Waals surface area contributed by atoms with Crippen LogP contribution in [0.25, 0.3) is 11.1 Å². The Hall–Kier alpha value is -2.82. The van der Waals surface area contributed by atoms with Gasteiger partial charge in [-0.25, -0.2) is 13.2 Å². The van der Waals surface area contributed by atoms with Gasteiger partial charge in [0.1, 0.15) is 0 Å². The highest BCUT2D eigenvalue weighted by molar-refractivity contribution is 7.89. The summed E-state index contributed by atoms with van der Waals surface area (Å²) < 4.78 is 33.6. The fraction of sp³-hybridized carbons (Fsp3) is 0.364. The maximum absolute atomic E-state index is 12.8. The van der Waals surface area contributed by atoms with E-state index in [0.717, 1.165) is 12.8 Å². The lowest BCUT2D eigenvalue weighted by Crippen LogP contribution is -2.27. The Kier molecular flexibility index (Phi) is 6.51. The minimum atomic E-state index is -3.63. The summed E-state index contributed by atoms with van der Waals surface area (Å²) in [6.45, 7) is 1.05. The first-order valence-corrected chi connectivity index (χ1v) is 12.4. The van der Waals surface area contributed by atoms with Crippen LogP contribution in [0.5, 0.6) is 0 Å². The third kappa shape index (κ3) is 4.64. The van der Waals surface area contributed by atoms with Crippen molar-refractivity contribution >= 4 is 50.0 Å². The highest BCUT2D eigenvalue weighted by Gasteiger charge is 2.28. The Morgan fingerprint density at radius 1 is 1.18 bits per heavy atom. The molecule has 9 nitrogen and oxygen atoms in total. The van der Waals surface area contributed by atoms with E-state index in [1.54, 1.807) is 29.2 Å². The van der Waals surface area contributed by atoms with Crippen LogP contribution in [0.4, 0.5) is 11.4 Å². The maximum atomic E-state index is 12.8. The molecule has 3 aromatic rings. The molecule has 1 aromatic heterocycles. The lowest BCUT2D eigenvalue weighted by Gasteiger charge is -2.19. The van der Waals surface area contributed by atoms with Crippen LogP contribution < -0.4 is 16.0 Å². The molecule has 0 bridgehead atoms. The molecule has 1 amide bonds. The van der Waals surface area contributed by atoms with Crippen molar-refractivity contribution in [2.75, 3.05) is 37.4 Å². The van der Waals surface area contributed by atoms with Gasteiger partial charge in [-0.3, -0.25) is 9.36 Å². The number of aromatic nitrogens is 1. The van der Waals surface area contributed by atoms with Crippen LogP contribution in [0.3, 0.4) is 0 Å². The minimum Gasteiger partial charge on any atom is -0.408 e. The van der Waals surface area contributed by atoms with Crippen LogP contribution in [0.1, 0.15) is 19.3 Å². The third-order valence-corrected chi connectivity index (χ3v) is 7.81. The third-order valence-electron chi connectivity index (χ3n) is 5.61. The van der Waals surface area contributed by atoms with Crippen LogP contribution in [-0.4, -0.2) is 50.4 Å². The topological polar surface area (TPSA) is 105 Å². The number of amides is 1. The molecule has 1 N–H and O–H groups in total. The molecule has 0 radical (unpaired) electrons. The highest BCUT2D eigenvalue weighted by atomic mass is 35.5. The number of carbonyl (C=O) groups is 1. The Balaban J connectivity index is 1.52. The van der Waals surface area contributed by atoms with E-state index < -0.39 is 15.8 Å². The van der Waals surface area contributed by atoms with E-state index in [2.05, 4.69) is 5.32 Å². The van der Waals surface area contributed by atoms with Gasteiger partial charge in [-0.1, -0.05) is 17.7 Å². The molecule has 0 spiro atoms. The first-order chi connectivity index (χ1) is 15.7. The molecule has 1 saturated heterocycles. The Labute approximate surface area is 196 Å². The zero-order valence-electron chi connectivity index (χ0n) is 18.4. The zero-order chi connectivity index (χ0) is 23.8. The van der Waals surface area contributed by atoms with E-state index in [4.69, 9.17) is 16.0 Å². The number of hydrogen-bond donors (Lipinski definition) is 1. The molecule has 4 rings (SSSR count). The molecule has 11 heteroatoms. The van der Waals surface area contributed by atoms with E-state index in [1.165, 1.54) is 21.0 Å². The van der Waals surface area contributed by atoms with Gasteiger partial charge in [0.25, 0.3) is 0 Å². The second kappa shape index (κ2) is 9.20. The molecule has 0 atom stereocenters. The number of nitrogens with one attached hydrogen (secondary N) is 1. The van der Waals surface area contributed by atoms with Crippen molar-refractivity contribution < 1.29 is 17.6 Å². The van der Waals surface area contributed by atoms with Crippen molar-refractivity contribution in [1.82, 2.24) is 8.87 Å². The van der Waals surface area contributed by atoms with Crippen molar-refractivity contribution in [3.8, 4) is 0 Å². The molecular weight excluding hydrogens is 468 g/mol. The number of halogens is 1. The number of hydrogen-bond acceptors (Lipinski definition) is 6. The molecule has 2 aromatic carbocycles. The zero-order valence-corrected chi connectivity index (χ0v) is 19.9. The molecule has 0 unspecified atom stereocenters. The highest BCUT2D eigenvalue weighted by Crippen LogP contribution is 2.32. The number of oxazole rings is 1. The lowest BCUT2D eigenvalue weighted by molar-refractivity contribution is -0.116. The normalized spacial score (nSPS) is 14.6. The fourth-order valence-electron chi connectivity index (χ4n) is 3.99. The Morgan fingerprint density at radius 2 is 1.91 bits per heavy atom. The first-order valence-electron chi connectivity index (χ1n) is 10.6. The molecule has 1 fully saturated rings. The van der Waals surface area contributed by atoms with Crippen LogP contribution in [0.15, 0.2) is 50.5 Å². The summed E-state index contributed by atoms with van der Waals surface area (Å²) in [7, 11) is 0.0256.